The maximum absolute atomic E-state index is 12.8. The fraction of sp³-hybridized carbons (Fsp3) is 0.632. The van der Waals surface area contributed by atoms with E-state index < -0.39 is 0 Å². The van der Waals surface area contributed by atoms with Crippen molar-refractivity contribution in [1.82, 2.24) is 10.2 Å². The molecule has 2 fully saturated rings. The third-order valence-electron chi connectivity index (χ3n) is 5.19. The van der Waals surface area contributed by atoms with E-state index in [4.69, 9.17) is 14.2 Å². The van der Waals surface area contributed by atoms with Crippen molar-refractivity contribution in [1.29, 1.82) is 0 Å². The van der Waals surface area contributed by atoms with Crippen LogP contribution in [0.1, 0.15) is 44.2 Å². The van der Waals surface area contributed by atoms with Gasteiger partial charge in [0, 0.05) is 24.8 Å². The van der Waals surface area contributed by atoms with Gasteiger partial charge in [-0.3, -0.25) is 0 Å². The molecule has 2 saturated heterocycles. The molecule has 1 N–H and O–H groups in total. The second-order valence-electron chi connectivity index (χ2n) is 6.75. The summed E-state index contributed by atoms with van der Waals surface area (Å²) in [5.41, 5.74) is 1.03. The highest BCUT2D eigenvalue weighted by molar-refractivity contribution is 5.75. The minimum atomic E-state index is -0.0247. The maximum atomic E-state index is 12.8. The molecule has 6 heteroatoms. The van der Waals surface area contributed by atoms with Crippen LogP contribution in [0.15, 0.2) is 18.2 Å². The SMILES string of the molecule is COc1ccc(C2CCCN2C(=O)NC(C)C2CCCO2)c(OC)c1. The first-order valence-corrected chi connectivity index (χ1v) is 9.04. The van der Waals surface area contributed by atoms with Gasteiger partial charge in [-0.1, -0.05) is 0 Å². The smallest absolute Gasteiger partial charge is 0.318 e. The summed E-state index contributed by atoms with van der Waals surface area (Å²) < 4.78 is 16.5. The topological polar surface area (TPSA) is 60.0 Å². The van der Waals surface area contributed by atoms with Crippen molar-refractivity contribution in [2.45, 2.75) is 50.8 Å². The quantitative estimate of drug-likeness (QED) is 0.888. The highest BCUT2D eigenvalue weighted by atomic mass is 16.5. The van der Waals surface area contributed by atoms with Gasteiger partial charge in [-0.25, -0.2) is 4.79 Å². The van der Waals surface area contributed by atoms with Crippen molar-refractivity contribution < 1.29 is 19.0 Å². The molecule has 2 aliphatic rings. The van der Waals surface area contributed by atoms with Crippen LogP contribution in [0.25, 0.3) is 0 Å². The zero-order valence-corrected chi connectivity index (χ0v) is 15.3. The molecule has 3 rings (SSSR count). The van der Waals surface area contributed by atoms with Crippen LogP contribution in [-0.2, 0) is 4.74 Å². The number of hydrogen-bond donors (Lipinski definition) is 1. The molecule has 3 atom stereocenters. The average Bonchev–Trinajstić information content (AvgIpc) is 3.32. The molecule has 138 valence electrons. The zero-order chi connectivity index (χ0) is 17.8. The first-order chi connectivity index (χ1) is 12.1. The number of methoxy groups -OCH3 is 2. The van der Waals surface area contributed by atoms with E-state index in [2.05, 4.69) is 5.32 Å². The number of hydrogen-bond acceptors (Lipinski definition) is 4. The first kappa shape index (κ1) is 17.9. The molecule has 25 heavy (non-hydrogen) atoms. The van der Waals surface area contributed by atoms with Crippen molar-refractivity contribution in [2.24, 2.45) is 0 Å². The van der Waals surface area contributed by atoms with E-state index >= 15 is 0 Å². The van der Waals surface area contributed by atoms with Crippen LogP contribution in [-0.4, -0.2) is 50.4 Å². The summed E-state index contributed by atoms with van der Waals surface area (Å²) >= 11 is 0. The summed E-state index contributed by atoms with van der Waals surface area (Å²) in [5, 5.41) is 3.12. The fourth-order valence-electron chi connectivity index (χ4n) is 3.79. The lowest BCUT2D eigenvalue weighted by Crippen LogP contribution is -2.47. The Hall–Kier alpha value is -1.95. The monoisotopic (exact) mass is 348 g/mol. The molecule has 1 aromatic rings. The van der Waals surface area contributed by atoms with E-state index in [-0.39, 0.29) is 24.2 Å². The van der Waals surface area contributed by atoms with E-state index in [9.17, 15) is 4.79 Å². The summed E-state index contributed by atoms with van der Waals surface area (Å²) in [6.07, 6.45) is 4.13. The highest BCUT2D eigenvalue weighted by Gasteiger charge is 2.34. The van der Waals surface area contributed by atoms with Crippen LogP contribution in [0.2, 0.25) is 0 Å². The van der Waals surface area contributed by atoms with Crippen molar-refractivity contribution in [3.63, 3.8) is 0 Å². The molecule has 0 aliphatic carbocycles. The van der Waals surface area contributed by atoms with Gasteiger partial charge in [0.2, 0.25) is 0 Å². The number of benzene rings is 1. The summed E-state index contributed by atoms with van der Waals surface area (Å²) in [6.45, 7) is 3.57. The third-order valence-corrected chi connectivity index (χ3v) is 5.19. The average molecular weight is 348 g/mol. The number of urea groups is 1. The fourth-order valence-corrected chi connectivity index (χ4v) is 3.79. The van der Waals surface area contributed by atoms with Crippen LogP contribution < -0.4 is 14.8 Å². The van der Waals surface area contributed by atoms with Gasteiger partial charge >= 0.3 is 6.03 Å². The Morgan fingerprint density at radius 2 is 2.12 bits per heavy atom. The lowest BCUT2D eigenvalue weighted by Gasteiger charge is -2.29. The summed E-state index contributed by atoms with van der Waals surface area (Å²) in [5.74, 6) is 1.51. The van der Waals surface area contributed by atoms with E-state index in [0.717, 1.165) is 55.9 Å². The number of likely N-dealkylation sites (tertiary alicyclic amines) is 1. The van der Waals surface area contributed by atoms with Crippen LogP contribution in [0.4, 0.5) is 4.79 Å². The summed E-state index contributed by atoms with van der Waals surface area (Å²) in [4.78, 5) is 14.7. The molecule has 0 saturated carbocycles. The molecule has 0 bridgehead atoms. The standard InChI is InChI=1S/C19H28N2O4/c1-13(17-7-5-11-25-17)20-19(22)21-10-4-6-16(21)15-9-8-14(23-2)12-18(15)24-3/h8-9,12-13,16-17H,4-7,10-11H2,1-3H3,(H,20,22). The molecule has 0 aromatic heterocycles. The van der Waals surface area contributed by atoms with Crippen LogP contribution in [0.3, 0.4) is 0 Å². The number of ether oxygens (including phenoxy) is 3. The third kappa shape index (κ3) is 3.84. The van der Waals surface area contributed by atoms with Gasteiger partial charge in [-0.2, -0.15) is 0 Å². The van der Waals surface area contributed by atoms with Crippen molar-refractivity contribution in [3.05, 3.63) is 23.8 Å². The van der Waals surface area contributed by atoms with Gasteiger partial charge < -0.3 is 24.4 Å². The van der Waals surface area contributed by atoms with Gasteiger partial charge in [0.05, 0.1) is 32.4 Å². The first-order valence-electron chi connectivity index (χ1n) is 9.04. The minimum Gasteiger partial charge on any atom is -0.497 e. The molecule has 3 unspecified atom stereocenters. The van der Waals surface area contributed by atoms with Crippen LogP contribution in [0, 0.1) is 0 Å². The molecule has 0 radical (unpaired) electrons. The van der Waals surface area contributed by atoms with Gasteiger partial charge in [0.25, 0.3) is 0 Å². The summed E-state index contributed by atoms with van der Waals surface area (Å²) in [6, 6.07) is 5.81. The Morgan fingerprint density at radius 3 is 2.80 bits per heavy atom. The number of carbonyl (C=O) groups excluding carboxylic acids is 1. The van der Waals surface area contributed by atoms with Crippen LogP contribution in [0.5, 0.6) is 11.5 Å². The molecular formula is C19H28N2O4. The lowest BCUT2D eigenvalue weighted by molar-refractivity contribution is 0.0829. The Bertz CT molecular complexity index is 601. The van der Waals surface area contributed by atoms with Gasteiger partial charge in [0.15, 0.2) is 0 Å². The van der Waals surface area contributed by atoms with E-state index in [1.54, 1.807) is 14.2 Å². The number of rotatable bonds is 5. The van der Waals surface area contributed by atoms with Crippen molar-refractivity contribution in [2.75, 3.05) is 27.4 Å². The van der Waals surface area contributed by atoms with Gasteiger partial charge in [-0.15, -0.1) is 0 Å². The van der Waals surface area contributed by atoms with Crippen LogP contribution >= 0.6 is 0 Å². The van der Waals surface area contributed by atoms with Crippen molar-refractivity contribution in [3.8, 4) is 11.5 Å². The Morgan fingerprint density at radius 1 is 1.28 bits per heavy atom. The van der Waals surface area contributed by atoms with E-state index in [0.29, 0.717) is 0 Å². The predicted molar refractivity (Wildman–Crippen MR) is 95.2 cm³/mol. The van der Waals surface area contributed by atoms with E-state index in [1.807, 2.05) is 30.0 Å². The molecular weight excluding hydrogens is 320 g/mol. The molecule has 2 aliphatic heterocycles. The zero-order valence-electron chi connectivity index (χ0n) is 15.3. The Labute approximate surface area is 149 Å². The molecule has 2 heterocycles. The Kier molecular flexibility index (Phi) is 5.68. The van der Waals surface area contributed by atoms with Crippen molar-refractivity contribution >= 4 is 6.03 Å². The normalized spacial score (nSPS) is 24.2. The Balaban J connectivity index is 1.72. The molecule has 1 aromatic carbocycles. The lowest BCUT2D eigenvalue weighted by atomic mass is 10.0. The number of nitrogens with one attached hydrogen (secondary N) is 1. The molecule has 6 nitrogen and oxygen atoms in total. The second kappa shape index (κ2) is 7.95. The van der Waals surface area contributed by atoms with Gasteiger partial charge in [0.1, 0.15) is 11.5 Å². The largest absolute Gasteiger partial charge is 0.497 e. The summed E-state index contributed by atoms with van der Waals surface area (Å²) in [7, 11) is 3.29. The number of carbonyl (C=O) groups is 1. The molecule has 2 amide bonds. The van der Waals surface area contributed by atoms with E-state index in [1.165, 1.54) is 0 Å². The second-order valence-corrected chi connectivity index (χ2v) is 6.75. The maximum Gasteiger partial charge on any atom is 0.318 e. The molecule has 0 spiro atoms. The van der Waals surface area contributed by atoms with Gasteiger partial charge in [-0.05, 0) is 44.7 Å². The predicted octanol–water partition coefficient (Wildman–Crippen LogP) is 3.12. The highest BCUT2D eigenvalue weighted by Crippen LogP contribution is 2.38. The minimum absolute atomic E-state index is 0.0222. The number of nitrogens with zero attached hydrogens (tertiary/aromatic N) is 1. The number of amides is 2.